The van der Waals surface area contributed by atoms with Crippen LogP contribution < -0.4 is 5.73 Å². The first-order valence-corrected chi connectivity index (χ1v) is 6.34. The van der Waals surface area contributed by atoms with Gasteiger partial charge in [0.25, 0.3) is 0 Å². The number of nitrogen functional groups attached to an aromatic ring is 1. The molecule has 0 saturated carbocycles. The van der Waals surface area contributed by atoms with Gasteiger partial charge in [0, 0.05) is 6.26 Å². The lowest BCUT2D eigenvalue weighted by atomic mass is 10.3. The number of nitrogens with two attached hydrogens (primary N) is 1. The number of rotatable bonds is 3. The van der Waals surface area contributed by atoms with Crippen LogP contribution in [-0.4, -0.2) is 30.2 Å². The van der Waals surface area contributed by atoms with E-state index in [9.17, 15) is 8.42 Å². The van der Waals surface area contributed by atoms with Gasteiger partial charge >= 0.3 is 0 Å². The first-order chi connectivity index (χ1) is 6.31. The molecule has 6 heteroatoms. The molecule has 0 aromatic carbocycles. The Hall–Kier alpha value is -1.04. The minimum atomic E-state index is -2.94. The van der Waals surface area contributed by atoms with Crippen LogP contribution in [0.4, 0.5) is 5.69 Å². The lowest BCUT2D eigenvalue weighted by Gasteiger charge is -2.02. The molecule has 5 nitrogen and oxygen atoms in total. The fourth-order valence-electron chi connectivity index (χ4n) is 1.18. The molecule has 0 spiro atoms. The summed E-state index contributed by atoms with van der Waals surface area (Å²) in [6, 6.07) is 0. The molecule has 0 saturated heterocycles. The van der Waals surface area contributed by atoms with Crippen molar-refractivity contribution in [3.63, 3.8) is 0 Å². The van der Waals surface area contributed by atoms with Crippen LogP contribution in [0.5, 0.6) is 0 Å². The summed E-state index contributed by atoms with van der Waals surface area (Å²) in [6.45, 7) is 4.00. The second-order valence-corrected chi connectivity index (χ2v) is 5.70. The Morgan fingerprint density at radius 3 is 2.36 bits per heavy atom. The van der Waals surface area contributed by atoms with Crippen LogP contribution in [0.15, 0.2) is 0 Å². The molecule has 1 rings (SSSR count). The summed E-state index contributed by atoms with van der Waals surface area (Å²) in [7, 11) is -2.94. The van der Waals surface area contributed by atoms with Crippen molar-refractivity contribution >= 4 is 15.5 Å². The van der Waals surface area contributed by atoms with E-state index in [2.05, 4.69) is 5.10 Å². The average molecular weight is 217 g/mol. The van der Waals surface area contributed by atoms with E-state index >= 15 is 0 Å². The predicted octanol–water partition coefficient (Wildman–Crippen LogP) is 0.127. The number of hydrogen-bond acceptors (Lipinski definition) is 4. The largest absolute Gasteiger partial charge is 0.396 e. The Kier molecular flexibility index (Phi) is 2.84. The molecule has 1 heterocycles. The van der Waals surface area contributed by atoms with Gasteiger partial charge < -0.3 is 5.73 Å². The Morgan fingerprint density at radius 2 is 2.00 bits per heavy atom. The third-order valence-electron chi connectivity index (χ3n) is 2.11. The third-order valence-corrected chi connectivity index (χ3v) is 3.04. The zero-order valence-electron chi connectivity index (χ0n) is 8.61. The molecule has 0 aliphatic rings. The molecule has 0 bridgehead atoms. The van der Waals surface area contributed by atoms with E-state index in [1.54, 1.807) is 11.6 Å². The van der Waals surface area contributed by atoms with E-state index in [0.29, 0.717) is 12.2 Å². The number of sulfone groups is 1. The molecule has 0 fully saturated rings. The van der Waals surface area contributed by atoms with Crippen molar-refractivity contribution in [2.45, 2.75) is 20.4 Å². The van der Waals surface area contributed by atoms with Gasteiger partial charge in [0.1, 0.15) is 9.84 Å². The number of anilines is 1. The second kappa shape index (κ2) is 3.61. The van der Waals surface area contributed by atoms with Gasteiger partial charge in [-0.1, -0.05) is 0 Å². The maximum absolute atomic E-state index is 10.9. The molecule has 0 unspecified atom stereocenters. The normalized spacial score (nSPS) is 11.9. The maximum atomic E-state index is 10.9. The Morgan fingerprint density at radius 1 is 1.43 bits per heavy atom. The van der Waals surface area contributed by atoms with Gasteiger partial charge in [-0.25, -0.2) is 8.42 Å². The Bertz CT molecular complexity index is 434. The summed E-state index contributed by atoms with van der Waals surface area (Å²) in [5, 5.41) is 4.14. The lowest BCUT2D eigenvalue weighted by Crippen LogP contribution is -2.13. The summed E-state index contributed by atoms with van der Waals surface area (Å²) in [6.07, 6.45) is 1.21. The molecule has 0 aliphatic carbocycles. The van der Waals surface area contributed by atoms with Crippen molar-refractivity contribution in [3.05, 3.63) is 11.4 Å². The quantitative estimate of drug-likeness (QED) is 0.780. The van der Waals surface area contributed by atoms with Crippen LogP contribution in [0, 0.1) is 13.8 Å². The highest BCUT2D eigenvalue weighted by atomic mass is 32.2. The fraction of sp³-hybridized carbons (Fsp3) is 0.625. The van der Waals surface area contributed by atoms with Gasteiger partial charge in [-0.3, -0.25) is 4.68 Å². The van der Waals surface area contributed by atoms with Gasteiger partial charge in [-0.05, 0) is 13.8 Å². The number of aromatic nitrogens is 2. The van der Waals surface area contributed by atoms with E-state index in [4.69, 9.17) is 5.73 Å². The van der Waals surface area contributed by atoms with Crippen LogP contribution in [0.2, 0.25) is 0 Å². The standard InChI is InChI=1S/C8H15N3O2S/c1-6-8(9)7(2)11(10-6)4-5-14(3,12)13/h4-5,9H2,1-3H3. The van der Waals surface area contributed by atoms with Crippen LogP contribution in [-0.2, 0) is 16.4 Å². The minimum Gasteiger partial charge on any atom is -0.396 e. The van der Waals surface area contributed by atoms with E-state index < -0.39 is 9.84 Å². The van der Waals surface area contributed by atoms with Crippen molar-refractivity contribution in [2.75, 3.05) is 17.7 Å². The first-order valence-electron chi connectivity index (χ1n) is 4.28. The van der Waals surface area contributed by atoms with Crippen molar-refractivity contribution in [1.29, 1.82) is 0 Å². The van der Waals surface area contributed by atoms with Crippen LogP contribution in [0.3, 0.4) is 0 Å². The topological polar surface area (TPSA) is 78.0 Å². The van der Waals surface area contributed by atoms with Gasteiger partial charge in [-0.2, -0.15) is 5.10 Å². The van der Waals surface area contributed by atoms with Crippen LogP contribution in [0.1, 0.15) is 11.4 Å². The third kappa shape index (κ3) is 2.47. The van der Waals surface area contributed by atoms with Gasteiger partial charge in [0.2, 0.25) is 0 Å². The zero-order chi connectivity index (χ0) is 10.9. The summed E-state index contributed by atoms with van der Waals surface area (Å²) in [5.74, 6) is 0.0917. The second-order valence-electron chi connectivity index (χ2n) is 3.44. The molecule has 0 amide bonds. The summed E-state index contributed by atoms with van der Waals surface area (Å²) in [4.78, 5) is 0. The lowest BCUT2D eigenvalue weighted by molar-refractivity contribution is 0.581. The monoisotopic (exact) mass is 217 g/mol. The SMILES string of the molecule is Cc1nn(CCS(C)(=O)=O)c(C)c1N. The highest BCUT2D eigenvalue weighted by molar-refractivity contribution is 7.90. The Labute approximate surface area is 83.8 Å². The number of hydrogen-bond donors (Lipinski definition) is 1. The summed E-state index contributed by atoms with van der Waals surface area (Å²) < 4.78 is 23.5. The molecule has 1 aromatic rings. The van der Waals surface area contributed by atoms with Crippen molar-refractivity contribution < 1.29 is 8.42 Å². The maximum Gasteiger partial charge on any atom is 0.149 e. The number of aryl methyl sites for hydroxylation is 2. The highest BCUT2D eigenvalue weighted by Crippen LogP contribution is 2.14. The smallest absolute Gasteiger partial charge is 0.149 e. The molecule has 0 aliphatic heterocycles. The average Bonchev–Trinajstić information content (AvgIpc) is 2.28. The van der Waals surface area contributed by atoms with Crippen molar-refractivity contribution in [3.8, 4) is 0 Å². The number of nitrogens with zero attached hydrogens (tertiary/aromatic N) is 2. The van der Waals surface area contributed by atoms with Gasteiger partial charge in [0.05, 0.1) is 29.4 Å². The zero-order valence-corrected chi connectivity index (χ0v) is 9.43. The van der Waals surface area contributed by atoms with Crippen molar-refractivity contribution in [2.24, 2.45) is 0 Å². The molecular weight excluding hydrogens is 202 g/mol. The molecule has 80 valence electrons. The Balaban J connectivity index is 2.83. The summed E-state index contributed by atoms with van der Waals surface area (Å²) in [5.41, 5.74) is 7.92. The van der Waals surface area contributed by atoms with E-state index in [-0.39, 0.29) is 5.75 Å². The molecule has 1 aromatic heterocycles. The van der Waals surface area contributed by atoms with Crippen molar-refractivity contribution in [1.82, 2.24) is 9.78 Å². The molecule has 14 heavy (non-hydrogen) atoms. The molecule has 0 radical (unpaired) electrons. The van der Waals surface area contributed by atoms with Gasteiger partial charge in [0.15, 0.2) is 0 Å². The highest BCUT2D eigenvalue weighted by Gasteiger charge is 2.09. The molecular formula is C8H15N3O2S. The first kappa shape index (κ1) is 11.0. The molecule has 2 N–H and O–H groups in total. The van der Waals surface area contributed by atoms with E-state index in [1.165, 1.54) is 6.26 Å². The summed E-state index contributed by atoms with van der Waals surface area (Å²) >= 11 is 0. The van der Waals surface area contributed by atoms with Gasteiger partial charge in [-0.15, -0.1) is 0 Å². The van der Waals surface area contributed by atoms with Crippen LogP contribution in [0.25, 0.3) is 0 Å². The fourth-order valence-corrected chi connectivity index (χ4v) is 1.69. The predicted molar refractivity (Wildman–Crippen MR) is 55.8 cm³/mol. The minimum absolute atomic E-state index is 0.0917. The molecule has 0 atom stereocenters. The van der Waals surface area contributed by atoms with E-state index in [1.807, 2.05) is 6.92 Å². The van der Waals surface area contributed by atoms with E-state index in [0.717, 1.165) is 11.4 Å². The van der Waals surface area contributed by atoms with Crippen LogP contribution >= 0.6 is 0 Å².